The summed E-state index contributed by atoms with van der Waals surface area (Å²) in [5, 5.41) is 10.3. The van der Waals surface area contributed by atoms with Crippen molar-refractivity contribution < 1.29 is 14.1 Å². The van der Waals surface area contributed by atoms with Gasteiger partial charge in [-0.3, -0.25) is 9.59 Å². The lowest BCUT2D eigenvalue weighted by atomic mass is 10.1. The van der Waals surface area contributed by atoms with Gasteiger partial charge in [-0.25, -0.2) is 4.98 Å². The van der Waals surface area contributed by atoms with E-state index in [9.17, 15) is 9.59 Å². The predicted octanol–water partition coefficient (Wildman–Crippen LogP) is 5.43. The Morgan fingerprint density at radius 2 is 1.90 bits per heavy atom. The van der Waals surface area contributed by atoms with Crippen molar-refractivity contribution in [3.05, 3.63) is 57.6 Å². The summed E-state index contributed by atoms with van der Waals surface area (Å²) in [7, 11) is 0. The molecule has 2 amide bonds. The highest BCUT2D eigenvalue weighted by atomic mass is 35.5. The van der Waals surface area contributed by atoms with Crippen molar-refractivity contribution in [1.82, 2.24) is 10.1 Å². The fourth-order valence-electron chi connectivity index (χ4n) is 3.05. The molecule has 1 aromatic carbocycles. The molecule has 0 radical (unpaired) electrons. The van der Waals surface area contributed by atoms with Crippen LogP contribution in [0.2, 0.25) is 5.02 Å². The Bertz CT molecular complexity index is 1290. The third kappa shape index (κ3) is 3.92. The van der Waals surface area contributed by atoms with Crippen LogP contribution < -0.4 is 10.6 Å². The first-order chi connectivity index (χ1) is 14.3. The van der Waals surface area contributed by atoms with Gasteiger partial charge in [0, 0.05) is 17.5 Å². The molecule has 2 N–H and O–H groups in total. The first-order valence-electron chi connectivity index (χ1n) is 9.04. The summed E-state index contributed by atoms with van der Waals surface area (Å²) in [6.45, 7) is 5.17. The molecular weight excluding hydrogens is 424 g/mol. The van der Waals surface area contributed by atoms with E-state index in [1.165, 1.54) is 6.92 Å². The van der Waals surface area contributed by atoms with E-state index < -0.39 is 0 Å². The summed E-state index contributed by atoms with van der Waals surface area (Å²) in [6, 6.07) is 10.6. The van der Waals surface area contributed by atoms with Gasteiger partial charge in [-0.05, 0) is 50.2 Å². The molecule has 0 aliphatic rings. The first kappa shape index (κ1) is 20.1. The fraction of sp³-hybridized carbons (Fsp3) is 0.143. The van der Waals surface area contributed by atoms with E-state index in [0.717, 1.165) is 9.75 Å². The van der Waals surface area contributed by atoms with Gasteiger partial charge >= 0.3 is 0 Å². The third-order valence-corrected chi connectivity index (χ3v) is 5.73. The smallest absolute Gasteiger partial charge is 0.259 e. The molecule has 9 heteroatoms. The van der Waals surface area contributed by atoms with E-state index in [2.05, 4.69) is 20.8 Å². The Hall–Kier alpha value is -3.23. The average molecular weight is 441 g/mol. The molecule has 3 aromatic heterocycles. The van der Waals surface area contributed by atoms with Crippen LogP contribution in [0.5, 0.6) is 0 Å². The minimum atomic E-state index is -0.341. The Morgan fingerprint density at radius 1 is 1.10 bits per heavy atom. The highest BCUT2D eigenvalue weighted by molar-refractivity contribution is 7.15. The lowest BCUT2D eigenvalue weighted by Gasteiger charge is -2.10. The summed E-state index contributed by atoms with van der Waals surface area (Å²) >= 11 is 7.79. The second-order valence-electron chi connectivity index (χ2n) is 6.74. The van der Waals surface area contributed by atoms with Gasteiger partial charge in [-0.1, -0.05) is 16.8 Å². The lowest BCUT2D eigenvalue weighted by Crippen LogP contribution is -2.13. The van der Waals surface area contributed by atoms with E-state index in [0.29, 0.717) is 44.4 Å². The zero-order valence-electron chi connectivity index (χ0n) is 16.4. The molecular formula is C21H17ClN4O3S. The molecule has 30 heavy (non-hydrogen) atoms. The number of carbonyl (C=O) groups excluding carboxylic acids is 2. The number of hydrogen-bond donors (Lipinski definition) is 2. The van der Waals surface area contributed by atoms with Gasteiger partial charge in [-0.2, -0.15) is 0 Å². The number of amides is 2. The molecule has 7 nitrogen and oxygen atoms in total. The van der Waals surface area contributed by atoms with Gasteiger partial charge in [0.25, 0.3) is 11.6 Å². The van der Waals surface area contributed by atoms with Crippen molar-refractivity contribution in [2.75, 3.05) is 10.6 Å². The summed E-state index contributed by atoms with van der Waals surface area (Å²) in [5.41, 5.74) is 2.89. The summed E-state index contributed by atoms with van der Waals surface area (Å²) in [4.78, 5) is 31.0. The first-order valence-corrected chi connectivity index (χ1v) is 10.2. The minimum absolute atomic E-state index is 0.230. The second kappa shape index (κ2) is 7.89. The van der Waals surface area contributed by atoms with Gasteiger partial charge in [0.1, 0.15) is 0 Å². The van der Waals surface area contributed by atoms with E-state index in [1.54, 1.807) is 42.5 Å². The number of anilines is 2. The van der Waals surface area contributed by atoms with Gasteiger partial charge in [0.2, 0.25) is 5.91 Å². The Kier molecular flexibility index (Phi) is 5.27. The molecule has 0 spiro atoms. The van der Waals surface area contributed by atoms with Crippen molar-refractivity contribution in [2.24, 2.45) is 0 Å². The molecule has 0 saturated heterocycles. The maximum Gasteiger partial charge on any atom is 0.259 e. The number of hydrogen-bond acceptors (Lipinski definition) is 6. The number of rotatable bonds is 4. The Balaban J connectivity index is 1.71. The molecule has 0 aliphatic carbocycles. The highest BCUT2D eigenvalue weighted by Gasteiger charge is 2.20. The minimum Gasteiger partial charge on any atom is -0.335 e. The SMILES string of the molecule is CC(=O)Nc1ccc(NC(=O)c2cc(-c3ccc(C)s3)nc3onc(C)c23)cc1Cl. The standard InChI is InChI=1S/C21H17ClN4O3S/c1-10-4-7-18(30-10)17-9-14(19-11(2)26-29-21(19)25-17)20(28)24-13-5-6-16(15(22)8-13)23-12(3)27/h4-9H,1-3H3,(H,23,27)(H,24,28). The van der Waals surface area contributed by atoms with Crippen LogP contribution in [0.4, 0.5) is 11.4 Å². The number of nitrogens with zero attached hydrogens (tertiary/aromatic N) is 2. The molecule has 0 saturated carbocycles. The van der Waals surface area contributed by atoms with Crippen molar-refractivity contribution in [2.45, 2.75) is 20.8 Å². The zero-order valence-corrected chi connectivity index (χ0v) is 17.9. The number of fused-ring (bicyclic) bond motifs is 1. The quantitative estimate of drug-likeness (QED) is 0.440. The topological polar surface area (TPSA) is 97.1 Å². The van der Waals surface area contributed by atoms with Gasteiger partial charge in [-0.15, -0.1) is 11.3 Å². The van der Waals surface area contributed by atoms with Crippen LogP contribution in [0.15, 0.2) is 40.9 Å². The van der Waals surface area contributed by atoms with Gasteiger partial charge in [0.05, 0.1) is 37.9 Å². The molecule has 0 unspecified atom stereocenters. The van der Waals surface area contributed by atoms with E-state index in [4.69, 9.17) is 16.1 Å². The normalized spacial score (nSPS) is 10.9. The van der Waals surface area contributed by atoms with Crippen molar-refractivity contribution in [1.29, 1.82) is 0 Å². The van der Waals surface area contributed by atoms with Crippen LogP contribution in [0.3, 0.4) is 0 Å². The molecule has 4 aromatic rings. The van der Waals surface area contributed by atoms with Crippen LogP contribution in [-0.4, -0.2) is 22.0 Å². The Labute approximate surface area is 181 Å². The maximum atomic E-state index is 13.1. The molecule has 0 aliphatic heterocycles. The van der Waals surface area contributed by atoms with Crippen molar-refractivity contribution in [3.63, 3.8) is 0 Å². The van der Waals surface area contributed by atoms with Crippen LogP contribution >= 0.6 is 22.9 Å². The van der Waals surface area contributed by atoms with Gasteiger partial charge in [0.15, 0.2) is 0 Å². The number of thiophene rings is 1. The molecule has 3 heterocycles. The summed E-state index contributed by atoms with van der Waals surface area (Å²) < 4.78 is 5.33. The number of benzene rings is 1. The predicted molar refractivity (Wildman–Crippen MR) is 118 cm³/mol. The van der Waals surface area contributed by atoms with Crippen LogP contribution in [0.25, 0.3) is 21.7 Å². The number of pyridine rings is 1. The van der Waals surface area contributed by atoms with E-state index in [1.807, 2.05) is 19.1 Å². The van der Waals surface area contributed by atoms with Crippen LogP contribution in [-0.2, 0) is 4.79 Å². The average Bonchev–Trinajstić information content (AvgIpc) is 3.29. The largest absolute Gasteiger partial charge is 0.335 e. The monoisotopic (exact) mass is 440 g/mol. The summed E-state index contributed by atoms with van der Waals surface area (Å²) in [6.07, 6.45) is 0. The molecule has 0 fully saturated rings. The lowest BCUT2D eigenvalue weighted by molar-refractivity contribution is -0.114. The van der Waals surface area contributed by atoms with E-state index in [-0.39, 0.29) is 11.8 Å². The maximum absolute atomic E-state index is 13.1. The second-order valence-corrected chi connectivity index (χ2v) is 8.44. The number of halogens is 1. The van der Waals surface area contributed by atoms with Crippen LogP contribution in [0.1, 0.15) is 27.9 Å². The Morgan fingerprint density at radius 3 is 2.57 bits per heavy atom. The molecule has 4 rings (SSSR count). The van der Waals surface area contributed by atoms with Gasteiger partial charge < -0.3 is 15.2 Å². The number of nitrogens with one attached hydrogen (secondary N) is 2. The molecule has 152 valence electrons. The zero-order chi connectivity index (χ0) is 21.4. The molecule has 0 atom stereocenters. The third-order valence-electron chi connectivity index (χ3n) is 4.39. The highest BCUT2D eigenvalue weighted by Crippen LogP contribution is 2.32. The van der Waals surface area contributed by atoms with Crippen molar-refractivity contribution in [3.8, 4) is 10.6 Å². The van der Waals surface area contributed by atoms with Crippen LogP contribution in [0, 0.1) is 13.8 Å². The number of aromatic nitrogens is 2. The van der Waals surface area contributed by atoms with E-state index >= 15 is 0 Å². The molecule has 0 bridgehead atoms. The number of aryl methyl sites for hydroxylation is 2. The number of carbonyl (C=O) groups is 2. The summed E-state index contributed by atoms with van der Waals surface area (Å²) in [5.74, 6) is -0.571. The fourth-order valence-corrected chi connectivity index (χ4v) is 4.11. The van der Waals surface area contributed by atoms with Crippen molar-refractivity contribution >= 4 is 57.2 Å².